The first kappa shape index (κ1) is 24.2. The van der Waals surface area contributed by atoms with Gasteiger partial charge in [-0.3, -0.25) is 14.3 Å². The molecular weight excluding hydrogens is 434 g/mol. The monoisotopic (exact) mass is 455 g/mol. The Bertz CT molecular complexity index is 728. The summed E-state index contributed by atoms with van der Waals surface area (Å²) in [4.78, 5) is 24.0. The minimum absolute atomic E-state index is 0.0359. The zero-order valence-corrected chi connectivity index (χ0v) is 16.6. The molecule has 0 radical (unpaired) electrons. The van der Waals surface area contributed by atoms with Gasteiger partial charge < -0.3 is 20.7 Å². The molecule has 2 amide bonds. The first-order chi connectivity index (χ1) is 14.1. The minimum atomic E-state index is -4.68. The molecular formula is C18H22ClF4N3O4. The van der Waals surface area contributed by atoms with Gasteiger partial charge in [-0.1, -0.05) is 11.6 Å². The molecule has 168 valence electrons. The van der Waals surface area contributed by atoms with Gasteiger partial charge in [-0.05, 0) is 31.4 Å². The molecule has 1 fully saturated rings. The maximum absolute atomic E-state index is 13.3. The number of piperidine rings is 1. The van der Waals surface area contributed by atoms with E-state index in [4.69, 9.17) is 16.3 Å². The molecule has 2 rings (SSSR count). The van der Waals surface area contributed by atoms with E-state index in [0.717, 1.165) is 6.07 Å². The summed E-state index contributed by atoms with van der Waals surface area (Å²) in [5.41, 5.74) is 0. The highest BCUT2D eigenvalue weighted by Crippen LogP contribution is 2.20. The highest BCUT2D eigenvalue weighted by molar-refractivity contribution is 6.30. The van der Waals surface area contributed by atoms with E-state index in [9.17, 15) is 27.2 Å². The van der Waals surface area contributed by atoms with Crippen molar-refractivity contribution in [1.82, 2.24) is 16.0 Å². The third-order valence-electron chi connectivity index (χ3n) is 4.24. The van der Waals surface area contributed by atoms with Crippen molar-refractivity contribution in [2.24, 2.45) is 0 Å². The van der Waals surface area contributed by atoms with E-state index in [0.29, 0.717) is 19.4 Å². The standard InChI is InChI=1S/C18H22ClF4N3O4/c19-13-4-3-12(8-14(13)20)29-10-16(27)26-11-2-5-15(25-9-11)17(28)24-6-1-7-30-18(21,22)23/h3-4,8,11,15,25H,1-2,5-7,9-10H2,(H,24,28)(H,26,27). The molecule has 0 saturated carbocycles. The fraction of sp³-hybridized carbons (Fsp3) is 0.556. The van der Waals surface area contributed by atoms with Crippen LogP contribution in [0.25, 0.3) is 0 Å². The second-order valence-corrected chi connectivity index (χ2v) is 7.01. The summed E-state index contributed by atoms with van der Waals surface area (Å²) < 4.78 is 57.7. The zero-order valence-electron chi connectivity index (χ0n) is 15.9. The molecule has 2 unspecified atom stereocenters. The first-order valence-corrected chi connectivity index (χ1v) is 9.61. The molecule has 0 aliphatic carbocycles. The predicted octanol–water partition coefficient (Wildman–Crippen LogP) is 2.14. The molecule has 1 aliphatic heterocycles. The van der Waals surface area contributed by atoms with Crippen LogP contribution in [-0.4, -0.2) is 56.6 Å². The van der Waals surface area contributed by atoms with Gasteiger partial charge in [0.25, 0.3) is 5.91 Å². The summed E-state index contributed by atoms with van der Waals surface area (Å²) in [5, 5.41) is 8.23. The zero-order chi connectivity index (χ0) is 22.1. The Hall–Kier alpha value is -2.11. The van der Waals surface area contributed by atoms with E-state index < -0.39 is 30.7 Å². The molecule has 0 spiro atoms. The van der Waals surface area contributed by atoms with Crippen molar-refractivity contribution in [3.05, 3.63) is 29.0 Å². The molecule has 2 atom stereocenters. The fourth-order valence-electron chi connectivity index (χ4n) is 2.78. The fourth-order valence-corrected chi connectivity index (χ4v) is 2.90. The van der Waals surface area contributed by atoms with Crippen molar-refractivity contribution in [3.8, 4) is 5.75 Å². The second-order valence-electron chi connectivity index (χ2n) is 6.61. The molecule has 7 nitrogen and oxygen atoms in total. The van der Waals surface area contributed by atoms with Crippen molar-refractivity contribution in [2.75, 3.05) is 26.3 Å². The van der Waals surface area contributed by atoms with Gasteiger partial charge in [0.05, 0.1) is 17.7 Å². The highest BCUT2D eigenvalue weighted by Gasteiger charge is 2.29. The topological polar surface area (TPSA) is 88.7 Å². The van der Waals surface area contributed by atoms with Crippen molar-refractivity contribution in [2.45, 2.75) is 37.7 Å². The molecule has 0 bridgehead atoms. The average molecular weight is 456 g/mol. The smallest absolute Gasteiger partial charge is 0.484 e. The molecule has 1 aliphatic rings. The summed E-state index contributed by atoms with van der Waals surface area (Å²) >= 11 is 5.57. The van der Waals surface area contributed by atoms with Crippen LogP contribution in [0, 0.1) is 5.82 Å². The largest absolute Gasteiger partial charge is 0.522 e. The second kappa shape index (κ2) is 11.3. The molecule has 3 N–H and O–H groups in total. The maximum Gasteiger partial charge on any atom is 0.522 e. The van der Waals surface area contributed by atoms with Crippen molar-refractivity contribution >= 4 is 23.4 Å². The normalized spacial score (nSPS) is 19.2. The number of amides is 2. The van der Waals surface area contributed by atoms with Crippen LogP contribution in [-0.2, 0) is 14.3 Å². The molecule has 1 aromatic rings. The summed E-state index contributed by atoms with van der Waals surface area (Å²) in [6.07, 6.45) is -3.67. The van der Waals surface area contributed by atoms with E-state index >= 15 is 0 Å². The molecule has 1 aromatic carbocycles. The molecule has 0 aromatic heterocycles. The van der Waals surface area contributed by atoms with Gasteiger partial charge in [0, 0.05) is 25.2 Å². The van der Waals surface area contributed by atoms with Gasteiger partial charge in [0.1, 0.15) is 11.6 Å². The lowest BCUT2D eigenvalue weighted by Crippen LogP contribution is -2.55. The summed E-state index contributed by atoms with van der Waals surface area (Å²) in [6.45, 7) is -0.422. The molecule has 1 saturated heterocycles. The first-order valence-electron chi connectivity index (χ1n) is 9.23. The average Bonchev–Trinajstić information content (AvgIpc) is 2.68. The quantitative estimate of drug-likeness (QED) is 0.392. The SMILES string of the molecule is O=C(COc1ccc(Cl)c(F)c1)NC1CCC(C(=O)NCCCOC(F)(F)F)NC1. The van der Waals surface area contributed by atoms with Gasteiger partial charge in [-0.15, -0.1) is 13.2 Å². The Kier molecular flexibility index (Phi) is 9.12. The number of nitrogens with one attached hydrogen (secondary N) is 3. The Labute approximate surface area is 175 Å². The van der Waals surface area contributed by atoms with E-state index in [1.807, 2.05) is 0 Å². The van der Waals surface area contributed by atoms with Crippen molar-refractivity contribution in [1.29, 1.82) is 0 Å². The number of rotatable bonds is 9. The number of hydrogen-bond donors (Lipinski definition) is 3. The summed E-state index contributed by atoms with van der Waals surface area (Å²) in [5.74, 6) is -1.20. The van der Waals surface area contributed by atoms with Crippen LogP contribution < -0.4 is 20.7 Å². The summed E-state index contributed by atoms with van der Waals surface area (Å²) in [6, 6.07) is 3.14. The lowest BCUT2D eigenvalue weighted by atomic mass is 10.00. The number of halogens is 5. The van der Waals surface area contributed by atoms with Gasteiger partial charge in [0.15, 0.2) is 6.61 Å². The number of hydrogen-bond acceptors (Lipinski definition) is 5. The van der Waals surface area contributed by atoms with Crippen molar-refractivity contribution in [3.63, 3.8) is 0 Å². The lowest BCUT2D eigenvalue weighted by Gasteiger charge is -2.29. The minimum Gasteiger partial charge on any atom is -0.484 e. The van der Waals surface area contributed by atoms with Gasteiger partial charge in [-0.2, -0.15) is 0 Å². The highest BCUT2D eigenvalue weighted by atomic mass is 35.5. The molecule has 30 heavy (non-hydrogen) atoms. The van der Waals surface area contributed by atoms with Crippen LogP contribution in [0.1, 0.15) is 19.3 Å². The van der Waals surface area contributed by atoms with Gasteiger partial charge in [0.2, 0.25) is 5.91 Å². The van der Waals surface area contributed by atoms with Crippen LogP contribution in [0.3, 0.4) is 0 Å². The van der Waals surface area contributed by atoms with E-state index in [1.54, 1.807) is 0 Å². The van der Waals surface area contributed by atoms with Crippen LogP contribution in [0.4, 0.5) is 17.6 Å². The van der Waals surface area contributed by atoms with E-state index in [1.165, 1.54) is 12.1 Å². The van der Waals surface area contributed by atoms with Gasteiger partial charge in [-0.25, -0.2) is 4.39 Å². The number of ether oxygens (including phenoxy) is 2. The number of carbonyl (C=O) groups excluding carboxylic acids is 2. The predicted molar refractivity (Wildman–Crippen MR) is 99.5 cm³/mol. The number of carbonyl (C=O) groups is 2. The lowest BCUT2D eigenvalue weighted by molar-refractivity contribution is -0.324. The third-order valence-corrected chi connectivity index (χ3v) is 4.55. The van der Waals surface area contributed by atoms with E-state index in [-0.39, 0.29) is 42.3 Å². The maximum atomic E-state index is 13.3. The van der Waals surface area contributed by atoms with Gasteiger partial charge >= 0.3 is 6.36 Å². The Balaban J connectivity index is 1.61. The van der Waals surface area contributed by atoms with E-state index in [2.05, 4.69) is 20.7 Å². The number of benzene rings is 1. The van der Waals surface area contributed by atoms with Crippen LogP contribution in [0.5, 0.6) is 5.75 Å². The number of alkyl halides is 3. The Morgan fingerprint density at radius 3 is 2.67 bits per heavy atom. The third kappa shape index (κ3) is 8.72. The van der Waals surface area contributed by atoms with Crippen molar-refractivity contribution < 1.29 is 36.6 Å². The van der Waals surface area contributed by atoms with Crippen LogP contribution >= 0.6 is 11.6 Å². The molecule has 1 heterocycles. The van der Waals surface area contributed by atoms with Crippen LogP contribution in [0.2, 0.25) is 5.02 Å². The molecule has 12 heteroatoms. The van der Waals surface area contributed by atoms with Crippen LogP contribution in [0.15, 0.2) is 18.2 Å². The summed E-state index contributed by atoms with van der Waals surface area (Å²) in [7, 11) is 0. The Morgan fingerprint density at radius 1 is 1.27 bits per heavy atom. The Morgan fingerprint density at radius 2 is 2.03 bits per heavy atom.